The molecule has 1 amide bonds. The highest BCUT2D eigenvalue weighted by atomic mass is 16.5. The first-order valence-electron chi connectivity index (χ1n) is 10.2. The molecule has 0 spiro atoms. The Morgan fingerprint density at radius 3 is 2.50 bits per heavy atom. The molecule has 1 saturated carbocycles. The summed E-state index contributed by atoms with van der Waals surface area (Å²) in [5, 5.41) is 0. The van der Waals surface area contributed by atoms with Gasteiger partial charge in [-0.1, -0.05) is 18.2 Å². The molecule has 1 aromatic carbocycles. The molecule has 1 aliphatic carbocycles. The standard InChI is InChI=1S/C21H31N3O2/c25-21(18-8-9-18)24-10-4-5-19(17-24)23-13-11-22(12-14-23)15-16-26-20-6-2-1-3-7-20/h1-3,6-7,18-19H,4-5,8-17H2. The SMILES string of the molecule is O=C(C1CC1)N1CCCC(N2CCN(CCOc3ccccc3)CC2)C1. The molecule has 1 atom stereocenters. The average Bonchev–Trinajstić information content (AvgIpc) is 3.54. The number of para-hydroxylation sites is 1. The lowest BCUT2D eigenvalue weighted by atomic mass is 10.0. The summed E-state index contributed by atoms with van der Waals surface area (Å²) in [6, 6.07) is 10.6. The number of ether oxygens (including phenoxy) is 1. The van der Waals surface area contributed by atoms with Gasteiger partial charge in [-0.05, 0) is 37.8 Å². The van der Waals surface area contributed by atoms with Crippen LogP contribution in [0.25, 0.3) is 0 Å². The molecule has 5 heteroatoms. The molecule has 26 heavy (non-hydrogen) atoms. The van der Waals surface area contributed by atoms with Crippen LogP contribution in [0.15, 0.2) is 30.3 Å². The van der Waals surface area contributed by atoms with Crippen LogP contribution in [0.3, 0.4) is 0 Å². The summed E-state index contributed by atoms with van der Waals surface area (Å²) < 4.78 is 5.82. The van der Waals surface area contributed by atoms with Gasteiger partial charge in [-0.25, -0.2) is 0 Å². The van der Waals surface area contributed by atoms with Gasteiger partial charge < -0.3 is 9.64 Å². The number of rotatable bonds is 6. The van der Waals surface area contributed by atoms with Crippen LogP contribution in [0.2, 0.25) is 0 Å². The summed E-state index contributed by atoms with van der Waals surface area (Å²) in [4.78, 5) is 19.6. The van der Waals surface area contributed by atoms with Crippen LogP contribution in [0.1, 0.15) is 25.7 Å². The Balaban J connectivity index is 1.18. The monoisotopic (exact) mass is 357 g/mol. The molecule has 0 aromatic heterocycles. The van der Waals surface area contributed by atoms with Gasteiger partial charge in [0.25, 0.3) is 0 Å². The van der Waals surface area contributed by atoms with E-state index in [-0.39, 0.29) is 0 Å². The second-order valence-corrected chi connectivity index (χ2v) is 7.89. The third kappa shape index (κ3) is 4.57. The van der Waals surface area contributed by atoms with Crippen LogP contribution in [0, 0.1) is 5.92 Å². The van der Waals surface area contributed by atoms with E-state index in [4.69, 9.17) is 4.74 Å². The van der Waals surface area contributed by atoms with Crippen molar-refractivity contribution in [3.63, 3.8) is 0 Å². The number of nitrogens with zero attached hydrogens (tertiary/aromatic N) is 3. The van der Waals surface area contributed by atoms with E-state index in [1.807, 2.05) is 30.3 Å². The van der Waals surface area contributed by atoms with E-state index < -0.39 is 0 Å². The van der Waals surface area contributed by atoms with Crippen molar-refractivity contribution in [1.82, 2.24) is 14.7 Å². The van der Waals surface area contributed by atoms with Gasteiger partial charge in [0, 0.05) is 57.8 Å². The number of carbonyl (C=O) groups is 1. The number of hydrogen-bond acceptors (Lipinski definition) is 4. The normalized spacial score (nSPS) is 25.2. The summed E-state index contributed by atoms with van der Waals surface area (Å²) in [6.45, 7) is 8.09. The summed E-state index contributed by atoms with van der Waals surface area (Å²) in [7, 11) is 0. The minimum atomic E-state index is 0.357. The first kappa shape index (κ1) is 17.8. The second-order valence-electron chi connectivity index (χ2n) is 7.89. The smallest absolute Gasteiger partial charge is 0.225 e. The van der Waals surface area contributed by atoms with E-state index in [2.05, 4.69) is 14.7 Å². The Kier molecular flexibility index (Phi) is 5.75. The van der Waals surface area contributed by atoms with Crippen LogP contribution in [0.5, 0.6) is 5.75 Å². The molecule has 5 nitrogen and oxygen atoms in total. The van der Waals surface area contributed by atoms with Crippen LogP contribution in [-0.4, -0.2) is 79.1 Å². The molecule has 1 unspecified atom stereocenters. The molecule has 0 N–H and O–H groups in total. The van der Waals surface area contributed by atoms with Gasteiger partial charge >= 0.3 is 0 Å². The Morgan fingerprint density at radius 1 is 1.00 bits per heavy atom. The summed E-state index contributed by atoms with van der Waals surface area (Å²) in [6.07, 6.45) is 4.63. The van der Waals surface area contributed by atoms with E-state index in [1.165, 1.54) is 6.42 Å². The zero-order chi connectivity index (χ0) is 17.8. The quantitative estimate of drug-likeness (QED) is 0.781. The fourth-order valence-corrected chi connectivity index (χ4v) is 4.20. The van der Waals surface area contributed by atoms with Crippen molar-refractivity contribution in [2.45, 2.75) is 31.7 Å². The molecule has 142 valence electrons. The molecule has 0 bridgehead atoms. The lowest BCUT2D eigenvalue weighted by molar-refractivity contribution is -0.134. The van der Waals surface area contributed by atoms with Gasteiger partial charge in [0.15, 0.2) is 0 Å². The number of benzene rings is 1. The molecular formula is C21H31N3O2. The topological polar surface area (TPSA) is 36.0 Å². The van der Waals surface area contributed by atoms with Gasteiger partial charge in [0.05, 0.1) is 0 Å². The van der Waals surface area contributed by atoms with Crippen LogP contribution in [0.4, 0.5) is 0 Å². The van der Waals surface area contributed by atoms with Gasteiger partial charge in [0.2, 0.25) is 5.91 Å². The average molecular weight is 357 g/mol. The minimum Gasteiger partial charge on any atom is -0.492 e. The second kappa shape index (κ2) is 8.40. The maximum Gasteiger partial charge on any atom is 0.225 e. The Bertz CT molecular complexity index is 582. The molecule has 2 aliphatic heterocycles. The Morgan fingerprint density at radius 2 is 1.77 bits per heavy atom. The van der Waals surface area contributed by atoms with Gasteiger partial charge in [0.1, 0.15) is 12.4 Å². The van der Waals surface area contributed by atoms with Crippen molar-refractivity contribution < 1.29 is 9.53 Å². The first-order valence-corrected chi connectivity index (χ1v) is 10.2. The number of piperazine rings is 1. The van der Waals surface area contributed by atoms with Gasteiger partial charge in [-0.15, -0.1) is 0 Å². The highest BCUT2D eigenvalue weighted by molar-refractivity contribution is 5.81. The van der Waals surface area contributed by atoms with E-state index in [0.29, 0.717) is 17.9 Å². The summed E-state index contributed by atoms with van der Waals surface area (Å²) in [5.74, 6) is 1.73. The number of hydrogen-bond donors (Lipinski definition) is 0. The number of likely N-dealkylation sites (tertiary alicyclic amines) is 1. The fourth-order valence-electron chi connectivity index (χ4n) is 4.20. The molecule has 0 radical (unpaired) electrons. The number of amides is 1. The largest absolute Gasteiger partial charge is 0.492 e. The van der Waals surface area contributed by atoms with Crippen LogP contribution >= 0.6 is 0 Å². The van der Waals surface area contributed by atoms with E-state index in [0.717, 1.165) is 77.4 Å². The molecule has 2 heterocycles. The van der Waals surface area contributed by atoms with E-state index >= 15 is 0 Å². The molecule has 4 rings (SSSR count). The first-order chi connectivity index (χ1) is 12.8. The summed E-state index contributed by atoms with van der Waals surface area (Å²) >= 11 is 0. The van der Waals surface area contributed by atoms with Crippen LogP contribution in [-0.2, 0) is 4.79 Å². The molecule has 1 aromatic rings. The zero-order valence-electron chi connectivity index (χ0n) is 15.7. The van der Waals surface area contributed by atoms with Gasteiger partial charge in [-0.2, -0.15) is 0 Å². The highest BCUT2D eigenvalue weighted by Gasteiger charge is 2.36. The van der Waals surface area contributed by atoms with Crippen molar-refractivity contribution in [1.29, 1.82) is 0 Å². The lowest BCUT2D eigenvalue weighted by Gasteiger charge is -2.43. The van der Waals surface area contributed by atoms with E-state index in [1.54, 1.807) is 0 Å². The lowest BCUT2D eigenvalue weighted by Crippen LogP contribution is -2.56. The third-order valence-corrected chi connectivity index (χ3v) is 5.98. The van der Waals surface area contributed by atoms with Crippen LogP contribution < -0.4 is 4.74 Å². The predicted octanol–water partition coefficient (Wildman–Crippen LogP) is 2.08. The van der Waals surface area contributed by atoms with Crippen molar-refractivity contribution >= 4 is 5.91 Å². The van der Waals surface area contributed by atoms with E-state index in [9.17, 15) is 4.79 Å². The molecule has 3 fully saturated rings. The minimum absolute atomic E-state index is 0.357. The maximum absolute atomic E-state index is 12.4. The van der Waals surface area contributed by atoms with Crippen molar-refractivity contribution in [2.24, 2.45) is 5.92 Å². The van der Waals surface area contributed by atoms with Crippen molar-refractivity contribution in [2.75, 3.05) is 52.4 Å². The Hall–Kier alpha value is -1.59. The molecular weight excluding hydrogens is 326 g/mol. The fraction of sp³-hybridized carbons (Fsp3) is 0.667. The molecule has 2 saturated heterocycles. The van der Waals surface area contributed by atoms with Crippen molar-refractivity contribution in [3.05, 3.63) is 30.3 Å². The third-order valence-electron chi connectivity index (χ3n) is 5.98. The molecule has 3 aliphatic rings. The summed E-state index contributed by atoms with van der Waals surface area (Å²) in [5.41, 5.74) is 0. The zero-order valence-corrected chi connectivity index (χ0v) is 15.7. The number of piperidine rings is 1. The maximum atomic E-state index is 12.4. The highest BCUT2D eigenvalue weighted by Crippen LogP contribution is 2.32. The van der Waals surface area contributed by atoms with Crippen molar-refractivity contribution in [3.8, 4) is 5.75 Å². The predicted molar refractivity (Wildman–Crippen MR) is 102 cm³/mol. The Labute approximate surface area is 156 Å². The van der Waals surface area contributed by atoms with Gasteiger partial charge in [-0.3, -0.25) is 14.6 Å². The number of carbonyl (C=O) groups excluding carboxylic acids is 1.